The summed E-state index contributed by atoms with van der Waals surface area (Å²) in [4.78, 5) is 35.3. The zero-order chi connectivity index (χ0) is 19.4. The average Bonchev–Trinajstić information content (AvgIpc) is 2.63. The summed E-state index contributed by atoms with van der Waals surface area (Å²) in [6.45, 7) is 6.11. The van der Waals surface area contributed by atoms with E-state index in [9.17, 15) is 14.4 Å². The van der Waals surface area contributed by atoms with E-state index in [0.29, 0.717) is 24.4 Å². The summed E-state index contributed by atoms with van der Waals surface area (Å²) >= 11 is 5.09. The van der Waals surface area contributed by atoms with Crippen molar-refractivity contribution in [1.29, 1.82) is 0 Å². The van der Waals surface area contributed by atoms with Crippen LogP contribution < -0.4 is 16.0 Å². The second kappa shape index (κ2) is 11.8. The van der Waals surface area contributed by atoms with Crippen LogP contribution >= 0.6 is 12.2 Å². The van der Waals surface area contributed by atoms with Crippen LogP contribution in [0.3, 0.4) is 0 Å². The summed E-state index contributed by atoms with van der Waals surface area (Å²) < 4.78 is 4.90. The molecule has 1 aromatic carbocycles. The van der Waals surface area contributed by atoms with E-state index in [0.717, 1.165) is 6.42 Å². The Kier molecular flexibility index (Phi) is 9.63. The number of carbonyl (C=O) groups excluding carboxylic acids is 3. The lowest BCUT2D eigenvalue weighted by molar-refractivity contribution is -0.144. The molecular formula is C18H23N3O4S. The highest BCUT2D eigenvalue weighted by Crippen LogP contribution is 2.14. The Morgan fingerprint density at radius 1 is 1.23 bits per heavy atom. The van der Waals surface area contributed by atoms with E-state index in [-0.39, 0.29) is 23.9 Å². The average molecular weight is 377 g/mol. The van der Waals surface area contributed by atoms with Crippen LogP contribution in [0.1, 0.15) is 36.5 Å². The molecule has 0 aliphatic rings. The Bertz CT molecular complexity index is 676. The van der Waals surface area contributed by atoms with Crippen LogP contribution in [0.2, 0.25) is 0 Å². The molecule has 7 nitrogen and oxygen atoms in total. The van der Waals surface area contributed by atoms with Crippen LogP contribution in [-0.2, 0) is 14.3 Å². The van der Waals surface area contributed by atoms with Crippen LogP contribution in [0.4, 0.5) is 5.69 Å². The van der Waals surface area contributed by atoms with Gasteiger partial charge in [0, 0.05) is 13.0 Å². The molecule has 0 radical (unpaired) electrons. The largest absolute Gasteiger partial charge is 0.466 e. The SMILES string of the molecule is C=CCNC(=O)c1ccccc1NC(=S)NC(=O)CCC(=O)OCCC. The maximum atomic E-state index is 12.1. The van der Waals surface area contributed by atoms with Crippen molar-refractivity contribution in [2.75, 3.05) is 18.5 Å². The first-order valence-electron chi connectivity index (χ1n) is 8.22. The fourth-order valence-electron chi connectivity index (χ4n) is 1.90. The summed E-state index contributed by atoms with van der Waals surface area (Å²) in [5.41, 5.74) is 0.843. The Labute approximate surface area is 158 Å². The molecule has 0 bridgehead atoms. The van der Waals surface area contributed by atoms with Crippen LogP contribution in [0.5, 0.6) is 0 Å². The summed E-state index contributed by atoms with van der Waals surface area (Å²) in [7, 11) is 0. The van der Waals surface area contributed by atoms with Gasteiger partial charge >= 0.3 is 5.97 Å². The lowest BCUT2D eigenvalue weighted by atomic mass is 10.1. The molecule has 0 fully saturated rings. The predicted octanol–water partition coefficient (Wildman–Crippen LogP) is 2.15. The van der Waals surface area contributed by atoms with E-state index in [4.69, 9.17) is 17.0 Å². The van der Waals surface area contributed by atoms with Crippen molar-refractivity contribution in [3.63, 3.8) is 0 Å². The van der Waals surface area contributed by atoms with E-state index >= 15 is 0 Å². The molecule has 3 N–H and O–H groups in total. The number of thiocarbonyl (C=S) groups is 1. The summed E-state index contributed by atoms with van der Waals surface area (Å²) in [5.74, 6) is -1.13. The van der Waals surface area contributed by atoms with Crippen molar-refractivity contribution in [1.82, 2.24) is 10.6 Å². The Hall–Kier alpha value is -2.74. The summed E-state index contributed by atoms with van der Waals surface area (Å²) in [5, 5.41) is 8.01. The molecule has 140 valence electrons. The number of anilines is 1. The minimum absolute atomic E-state index is 0.0189. The van der Waals surface area contributed by atoms with E-state index in [1.54, 1.807) is 30.3 Å². The lowest BCUT2D eigenvalue weighted by Crippen LogP contribution is -2.35. The van der Waals surface area contributed by atoms with Crippen molar-refractivity contribution in [3.05, 3.63) is 42.5 Å². The standard InChI is InChI=1S/C18H23N3O4S/c1-3-11-19-17(24)13-7-5-6-8-14(13)20-18(26)21-15(22)9-10-16(23)25-12-4-2/h3,5-8H,1,4,9-12H2,2H3,(H,19,24)(H2,20,21,22,26). The smallest absolute Gasteiger partial charge is 0.306 e. The molecule has 8 heteroatoms. The number of esters is 1. The Morgan fingerprint density at radius 2 is 1.96 bits per heavy atom. The third-order valence-electron chi connectivity index (χ3n) is 3.10. The molecule has 0 heterocycles. The number of nitrogens with one attached hydrogen (secondary N) is 3. The molecule has 0 saturated carbocycles. The van der Waals surface area contributed by atoms with E-state index in [1.807, 2.05) is 6.92 Å². The molecule has 1 rings (SSSR count). The van der Waals surface area contributed by atoms with Crippen LogP contribution in [0.15, 0.2) is 36.9 Å². The molecular weight excluding hydrogens is 354 g/mol. The van der Waals surface area contributed by atoms with E-state index in [1.165, 1.54) is 0 Å². The molecule has 1 aromatic rings. The van der Waals surface area contributed by atoms with Gasteiger partial charge in [-0.1, -0.05) is 25.1 Å². The van der Waals surface area contributed by atoms with Gasteiger partial charge in [0.2, 0.25) is 5.91 Å². The minimum atomic E-state index is -0.426. The van der Waals surface area contributed by atoms with Crippen LogP contribution in [0, 0.1) is 0 Å². The lowest BCUT2D eigenvalue weighted by Gasteiger charge is -2.13. The number of carbonyl (C=O) groups is 3. The molecule has 0 aromatic heterocycles. The zero-order valence-electron chi connectivity index (χ0n) is 14.7. The first kappa shape index (κ1) is 21.3. The highest BCUT2D eigenvalue weighted by molar-refractivity contribution is 7.80. The molecule has 0 aliphatic carbocycles. The van der Waals surface area contributed by atoms with Gasteiger partial charge in [-0.05, 0) is 30.8 Å². The van der Waals surface area contributed by atoms with Gasteiger partial charge in [-0.3, -0.25) is 14.4 Å². The first-order valence-corrected chi connectivity index (χ1v) is 8.63. The monoisotopic (exact) mass is 377 g/mol. The molecule has 0 saturated heterocycles. The number of benzene rings is 1. The molecule has 26 heavy (non-hydrogen) atoms. The van der Waals surface area contributed by atoms with Crippen molar-refractivity contribution in [2.24, 2.45) is 0 Å². The van der Waals surface area contributed by atoms with Crippen molar-refractivity contribution < 1.29 is 19.1 Å². The zero-order valence-corrected chi connectivity index (χ0v) is 15.5. The minimum Gasteiger partial charge on any atom is -0.466 e. The molecule has 0 atom stereocenters. The number of amides is 2. The second-order valence-corrected chi connectivity index (χ2v) is 5.68. The highest BCUT2D eigenvalue weighted by atomic mass is 32.1. The number of ether oxygens (including phenoxy) is 1. The number of hydrogen-bond donors (Lipinski definition) is 3. The third-order valence-corrected chi connectivity index (χ3v) is 3.31. The van der Waals surface area contributed by atoms with Gasteiger partial charge < -0.3 is 20.7 Å². The molecule has 0 aliphatic heterocycles. The van der Waals surface area contributed by atoms with Gasteiger partial charge in [-0.25, -0.2) is 0 Å². The van der Waals surface area contributed by atoms with Crippen molar-refractivity contribution in [3.8, 4) is 0 Å². The quantitative estimate of drug-likeness (QED) is 0.347. The van der Waals surface area contributed by atoms with Gasteiger partial charge in [-0.2, -0.15) is 0 Å². The maximum absolute atomic E-state index is 12.1. The fourth-order valence-corrected chi connectivity index (χ4v) is 2.12. The van der Waals surface area contributed by atoms with E-state index in [2.05, 4.69) is 22.5 Å². The van der Waals surface area contributed by atoms with Gasteiger partial charge in [0.25, 0.3) is 5.91 Å². The first-order chi connectivity index (χ1) is 12.5. The molecule has 0 spiro atoms. The van der Waals surface area contributed by atoms with Gasteiger partial charge in [0.1, 0.15) is 0 Å². The summed E-state index contributed by atoms with van der Waals surface area (Å²) in [6.07, 6.45) is 2.25. The normalized spacial score (nSPS) is 9.73. The third kappa shape index (κ3) is 7.89. The Morgan fingerprint density at radius 3 is 2.65 bits per heavy atom. The van der Waals surface area contributed by atoms with Gasteiger partial charge in [0.05, 0.1) is 24.3 Å². The maximum Gasteiger partial charge on any atom is 0.306 e. The van der Waals surface area contributed by atoms with Gasteiger partial charge in [0.15, 0.2) is 5.11 Å². The topological polar surface area (TPSA) is 96.5 Å². The molecule has 0 unspecified atom stereocenters. The second-order valence-electron chi connectivity index (χ2n) is 5.27. The van der Waals surface area contributed by atoms with Crippen molar-refractivity contribution >= 4 is 40.8 Å². The van der Waals surface area contributed by atoms with Gasteiger partial charge in [-0.15, -0.1) is 6.58 Å². The van der Waals surface area contributed by atoms with Crippen LogP contribution in [-0.4, -0.2) is 36.0 Å². The highest BCUT2D eigenvalue weighted by Gasteiger charge is 2.13. The fraction of sp³-hybridized carbons (Fsp3) is 0.333. The number of hydrogen-bond acceptors (Lipinski definition) is 5. The number of para-hydroxylation sites is 1. The molecule has 2 amide bonds. The summed E-state index contributed by atoms with van der Waals surface area (Å²) in [6, 6.07) is 6.76. The van der Waals surface area contributed by atoms with Crippen molar-refractivity contribution in [2.45, 2.75) is 26.2 Å². The Balaban J connectivity index is 2.55. The van der Waals surface area contributed by atoms with E-state index < -0.39 is 11.9 Å². The predicted molar refractivity (Wildman–Crippen MR) is 104 cm³/mol. The van der Waals surface area contributed by atoms with Crippen LogP contribution in [0.25, 0.3) is 0 Å². The number of rotatable bonds is 9.